The Morgan fingerprint density at radius 2 is 1.74 bits per heavy atom. The lowest BCUT2D eigenvalue weighted by molar-refractivity contribution is -0.385. The molecule has 0 aliphatic carbocycles. The number of hydrogen-bond donors (Lipinski definition) is 1. The number of rotatable bonds is 4. The number of nitrogens with one attached hydrogen (secondary N) is 1. The number of para-hydroxylation sites is 2. The fraction of sp³-hybridized carbons (Fsp3) is 0.0714. The minimum Gasteiger partial charge on any atom is -0.278 e. The van der Waals surface area contributed by atoms with Crippen molar-refractivity contribution in [1.29, 1.82) is 0 Å². The average molecular weight is 255 g/mol. The maximum atomic E-state index is 10.9. The van der Waals surface area contributed by atoms with Crippen molar-refractivity contribution in [2.75, 3.05) is 5.43 Å². The van der Waals surface area contributed by atoms with Crippen molar-refractivity contribution >= 4 is 17.1 Å². The summed E-state index contributed by atoms with van der Waals surface area (Å²) >= 11 is 0. The van der Waals surface area contributed by atoms with Crippen molar-refractivity contribution in [1.82, 2.24) is 0 Å². The molecule has 0 heterocycles. The van der Waals surface area contributed by atoms with Crippen LogP contribution < -0.4 is 5.43 Å². The highest BCUT2D eigenvalue weighted by Crippen LogP contribution is 2.18. The first-order valence-corrected chi connectivity index (χ1v) is 5.77. The van der Waals surface area contributed by atoms with E-state index in [0.29, 0.717) is 11.3 Å². The van der Waals surface area contributed by atoms with Gasteiger partial charge in [0, 0.05) is 6.07 Å². The second-order valence-electron chi connectivity index (χ2n) is 3.95. The van der Waals surface area contributed by atoms with E-state index >= 15 is 0 Å². The summed E-state index contributed by atoms with van der Waals surface area (Å²) < 4.78 is 0. The van der Waals surface area contributed by atoms with E-state index in [1.807, 2.05) is 30.3 Å². The summed E-state index contributed by atoms with van der Waals surface area (Å²) in [5, 5.41) is 15.1. The minimum atomic E-state index is -0.406. The van der Waals surface area contributed by atoms with Crippen LogP contribution in [0.15, 0.2) is 59.7 Å². The second kappa shape index (κ2) is 5.77. The van der Waals surface area contributed by atoms with E-state index in [0.717, 1.165) is 5.69 Å². The van der Waals surface area contributed by atoms with Crippen molar-refractivity contribution in [2.45, 2.75) is 6.92 Å². The largest absolute Gasteiger partial charge is 0.278 e. The lowest BCUT2D eigenvalue weighted by atomic mass is 10.1. The number of hydrazone groups is 1. The Balaban J connectivity index is 2.24. The van der Waals surface area contributed by atoms with Crippen LogP contribution in [0.3, 0.4) is 0 Å². The van der Waals surface area contributed by atoms with Gasteiger partial charge in [-0.2, -0.15) is 5.10 Å². The molecule has 0 saturated carbocycles. The van der Waals surface area contributed by atoms with Gasteiger partial charge in [0.1, 0.15) is 0 Å². The predicted octanol–water partition coefficient (Wildman–Crippen LogP) is 3.43. The summed E-state index contributed by atoms with van der Waals surface area (Å²) in [6, 6.07) is 16.0. The Bertz CT molecular complexity index is 609. The zero-order chi connectivity index (χ0) is 13.7. The molecule has 5 nitrogen and oxygen atoms in total. The summed E-state index contributed by atoms with van der Waals surface area (Å²) in [5.74, 6) is 0. The molecule has 0 aromatic heterocycles. The van der Waals surface area contributed by atoms with Gasteiger partial charge in [-0.1, -0.05) is 30.3 Å². The van der Waals surface area contributed by atoms with Gasteiger partial charge in [-0.25, -0.2) is 0 Å². The molecular weight excluding hydrogens is 242 g/mol. The molecule has 5 heteroatoms. The van der Waals surface area contributed by atoms with Gasteiger partial charge >= 0.3 is 0 Å². The molecule has 0 radical (unpaired) electrons. The molecule has 1 N–H and O–H groups in total. The van der Waals surface area contributed by atoms with Gasteiger partial charge in [-0.05, 0) is 25.1 Å². The van der Waals surface area contributed by atoms with E-state index in [2.05, 4.69) is 10.5 Å². The minimum absolute atomic E-state index is 0.0543. The normalized spacial score (nSPS) is 11.1. The molecule has 0 aliphatic rings. The summed E-state index contributed by atoms with van der Waals surface area (Å²) in [6.45, 7) is 1.73. The molecule has 0 spiro atoms. The van der Waals surface area contributed by atoms with Gasteiger partial charge in [-0.15, -0.1) is 0 Å². The van der Waals surface area contributed by atoms with Crippen molar-refractivity contribution in [2.24, 2.45) is 5.10 Å². The van der Waals surface area contributed by atoms with Crippen molar-refractivity contribution < 1.29 is 4.92 Å². The van der Waals surface area contributed by atoms with Gasteiger partial charge in [0.15, 0.2) is 0 Å². The second-order valence-corrected chi connectivity index (χ2v) is 3.95. The highest BCUT2D eigenvalue weighted by molar-refractivity contribution is 6.02. The zero-order valence-corrected chi connectivity index (χ0v) is 10.4. The van der Waals surface area contributed by atoms with Crippen LogP contribution >= 0.6 is 0 Å². The molecule has 2 aromatic rings. The molecule has 0 atom stereocenters. The molecule has 0 fully saturated rings. The number of nitro benzene ring substituents is 1. The molecule has 0 saturated heterocycles. The number of anilines is 1. The van der Waals surface area contributed by atoms with E-state index < -0.39 is 4.92 Å². The van der Waals surface area contributed by atoms with Crippen LogP contribution in [0.5, 0.6) is 0 Å². The Morgan fingerprint density at radius 3 is 2.42 bits per heavy atom. The van der Waals surface area contributed by atoms with E-state index in [1.165, 1.54) is 6.07 Å². The van der Waals surface area contributed by atoms with Gasteiger partial charge in [-0.3, -0.25) is 15.5 Å². The average Bonchev–Trinajstić information content (AvgIpc) is 2.46. The Kier molecular flexibility index (Phi) is 3.87. The molecule has 19 heavy (non-hydrogen) atoms. The fourth-order valence-corrected chi connectivity index (χ4v) is 1.66. The third-order valence-electron chi connectivity index (χ3n) is 2.62. The molecule has 2 aromatic carbocycles. The van der Waals surface area contributed by atoms with Crippen LogP contribution in [-0.4, -0.2) is 10.6 Å². The molecule has 0 aliphatic heterocycles. The molecule has 2 rings (SSSR count). The highest BCUT2D eigenvalue weighted by atomic mass is 16.6. The van der Waals surface area contributed by atoms with E-state index in [4.69, 9.17) is 0 Å². The van der Waals surface area contributed by atoms with Crippen LogP contribution in [0.1, 0.15) is 12.5 Å². The van der Waals surface area contributed by atoms with Crippen LogP contribution in [0.2, 0.25) is 0 Å². The maximum absolute atomic E-state index is 10.9. The Morgan fingerprint density at radius 1 is 1.11 bits per heavy atom. The van der Waals surface area contributed by atoms with Crippen LogP contribution in [0.25, 0.3) is 0 Å². The summed E-state index contributed by atoms with van der Waals surface area (Å²) in [4.78, 5) is 10.5. The van der Waals surface area contributed by atoms with Gasteiger partial charge in [0.2, 0.25) is 0 Å². The molecule has 0 bridgehead atoms. The number of nitrogens with zero attached hydrogens (tertiary/aromatic N) is 2. The first-order valence-electron chi connectivity index (χ1n) is 5.77. The third-order valence-corrected chi connectivity index (χ3v) is 2.62. The standard InChI is InChI=1S/C14H13N3O2/c1-11(15-16-12-7-3-2-4-8-12)13-9-5-6-10-14(13)17(18)19/h2-10,16H,1H3/b15-11+. The smallest absolute Gasteiger partial charge is 0.278 e. The van der Waals surface area contributed by atoms with Crippen molar-refractivity contribution in [3.05, 3.63) is 70.3 Å². The first-order chi connectivity index (χ1) is 9.18. The quantitative estimate of drug-likeness (QED) is 0.517. The number of benzene rings is 2. The van der Waals surface area contributed by atoms with Crippen molar-refractivity contribution in [3.8, 4) is 0 Å². The van der Waals surface area contributed by atoms with Gasteiger partial charge < -0.3 is 0 Å². The highest BCUT2D eigenvalue weighted by Gasteiger charge is 2.14. The SMILES string of the molecule is C/C(=N\Nc1ccccc1)c1ccccc1[N+](=O)[O-]. The summed E-state index contributed by atoms with van der Waals surface area (Å²) in [7, 11) is 0. The lowest BCUT2D eigenvalue weighted by Gasteiger charge is -2.04. The van der Waals surface area contributed by atoms with E-state index in [1.54, 1.807) is 25.1 Å². The predicted molar refractivity (Wildman–Crippen MR) is 75.4 cm³/mol. The van der Waals surface area contributed by atoms with Crippen LogP contribution in [0, 0.1) is 10.1 Å². The summed E-state index contributed by atoms with van der Waals surface area (Å²) in [5.41, 5.74) is 4.84. The third kappa shape index (κ3) is 3.16. The molecule has 0 amide bonds. The van der Waals surface area contributed by atoms with Gasteiger partial charge in [0.05, 0.1) is 21.9 Å². The van der Waals surface area contributed by atoms with Crippen LogP contribution in [0.4, 0.5) is 11.4 Å². The molecular formula is C14H13N3O2. The number of nitro groups is 1. The first kappa shape index (κ1) is 12.8. The molecule has 96 valence electrons. The Hall–Kier alpha value is -2.69. The molecule has 0 unspecified atom stereocenters. The monoisotopic (exact) mass is 255 g/mol. The topological polar surface area (TPSA) is 67.5 Å². The van der Waals surface area contributed by atoms with Gasteiger partial charge in [0.25, 0.3) is 5.69 Å². The fourth-order valence-electron chi connectivity index (χ4n) is 1.66. The Labute approximate surface area is 110 Å². The van der Waals surface area contributed by atoms with Crippen molar-refractivity contribution in [3.63, 3.8) is 0 Å². The zero-order valence-electron chi connectivity index (χ0n) is 10.4. The lowest BCUT2D eigenvalue weighted by Crippen LogP contribution is -2.03. The maximum Gasteiger partial charge on any atom is 0.278 e. The van der Waals surface area contributed by atoms with E-state index in [9.17, 15) is 10.1 Å². The summed E-state index contributed by atoms with van der Waals surface area (Å²) in [6.07, 6.45) is 0. The number of hydrogen-bond acceptors (Lipinski definition) is 4. The van der Waals surface area contributed by atoms with E-state index in [-0.39, 0.29) is 5.69 Å². The van der Waals surface area contributed by atoms with Crippen LogP contribution in [-0.2, 0) is 0 Å².